The summed E-state index contributed by atoms with van der Waals surface area (Å²) >= 11 is 0. The summed E-state index contributed by atoms with van der Waals surface area (Å²) in [6.07, 6.45) is 5.96. The Hall–Kier alpha value is -1.40. The van der Waals surface area contributed by atoms with Gasteiger partial charge in [-0.1, -0.05) is 18.6 Å². The normalized spacial score (nSPS) is 28.8. The average Bonchev–Trinajstić information content (AvgIpc) is 2.38. The molecule has 6 heteroatoms. The van der Waals surface area contributed by atoms with Crippen molar-refractivity contribution in [2.24, 2.45) is 5.92 Å². The molecule has 21 heavy (non-hydrogen) atoms. The van der Waals surface area contributed by atoms with Crippen LogP contribution in [0.4, 0.5) is 0 Å². The molecule has 118 valence electrons. The Labute approximate surface area is 124 Å². The van der Waals surface area contributed by atoms with E-state index < -0.39 is 6.10 Å². The van der Waals surface area contributed by atoms with Crippen LogP contribution < -0.4 is 10.6 Å². The van der Waals surface area contributed by atoms with Crippen LogP contribution in [0.25, 0.3) is 0 Å². The van der Waals surface area contributed by atoms with Crippen molar-refractivity contribution >= 4 is 11.8 Å². The highest BCUT2D eigenvalue weighted by Gasteiger charge is 2.32. The Kier molecular flexibility index (Phi) is 5.76. The maximum Gasteiger partial charge on any atom is 0.223 e. The van der Waals surface area contributed by atoms with Crippen molar-refractivity contribution < 1.29 is 19.4 Å². The van der Waals surface area contributed by atoms with Crippen molar-refractivity contribution in [1.29, 1.82) is 0 Å². The number of aliphatic hydroxyl groups is 1. The Bertz CT molecular complexity index is 406. The Balaban J connectivity index is 1.88. The van der Waals surface area contributed by atoms with Crippen LogP contribution in [0.15, 0.2) is 12.2 Å². The Morgan fingerprint density at radius 2 is 2.10 bits per heavy atom. The average molecular weight is 296 g/mol. The lowest BCUT2D eigenvalue weighted by molar-refractivity contribution is -0.131. The first-order chi connectivity index (χ1) is 10.1. The van der Waals surface area contributed by atoms with Crippen molar-refractivity contribution in [1.82, 2.24) is 10.6 Å². The van der Waals surface area contributed by atoms with Crippen LogP contribution >= 0.6 is 0 Å². The zero-order valence-corrected chi connectivity index (χ0v) is 12.4. The standard InChI is InChI=1S/C15H24N2O4/c1-2-16-14(19)8-11-6-7-12(13(9-18)21-11)17-15(20)10-4-3-5-10/h6-7,10-13,18H,2-5,8-9H2,1H3,(H,16,19)(H,17,20)/t11-,12-,13-/m0/s1. The second-order valence-corrected chi connectivity index (χ2v) is 5.60. The van der Waals surface area contributed by atoms with Gasteiger partial charge in [0.05, 0.1) is 25.2 Å². The fourth-order valence-electron chi connectivity index (χ4n) is 2.54. The van der Waals surface area contributed by atoms with Crippen molar-refractivity contribution in [3.63, 3.8) is 0 Å². The van der Waals surface area contributed by atoms with Crippen LogP contribution in [0.2, 0.25) is 0 Å². The molecular formula is C15H24N2O4. The number of aliphatic hydroxyl groups excluding tert-OH is 1. The monoisotopic (exact) mass is 296 g/mol. The van der Waals surface area contributed by atoms with E-state index in [0.717, 1.165) is 19.3 Å². The lowest BCUT2D eigenvalue weighted by Crippen LogP contribution is -2.51. The van der Waals surface area contributed by atoms with Gasteiger partial charge < -0.3 is 20.5 Å². The van der Waals surface area contributed by atoms with Crippen molar-refractivity contribution in [2.75, 3.05) is 13.2 Å². The zero-order chi connectivity index (χ0) is 15.2. The van der Waals surface area contributed by atoms with Crippen LogP contribution in [-0.2, 0) is 14.3 Å². The zero-order valence-electron chi connectivity index (χ0n) is 12.4. The SMILES string of the molecule is CCNC(=O)C[C@@H]1C=C[C@H](NC(=O)C2CCC2)[C@H](CO)O1. The van der Waals surface area contributed by atoms with Crippen LogP contribution in [0.1, 0.15) is 32.6 Å². The van der Waals surface area contributed by atoms with E-state index in [-0.39, 0.29) is 42.9 Å². The van der Waals surface area contributed by atoms with E-state index in [2.05, 4.69) is 10.6 Å². The van der Waals surface area contributed by atoms with Crippen molar-refractivity contribution in [2.45, 2.75) is 50.9 Å². The number of carbonyl (C=O) groups excluding carboxylic acids is 2. The molecule has 6 nitrogen and oxygen atoms in total. The highest BCUT2D eigenvalue weighted by molar-refractivity contribution is 5.80. The van der Waals surface area contributed by atoms with Crippen molar-refractivity contribution in [3.8, 4) is 0 Å². The molecule has 3 atom stereocenters. The molecule has 1 aliphatic carbocycles. The quantitative estimate of drug-likeness (QED) is 0.607. The molecule has 0 aromatic rings. The van der Waals surface area contributed by atoms with Gasteiger partial charge in [0.25, 0.3) is 0 Å². The van der Waals surface area contributed by atoms with Gasteiger partial charge in [0.15, 0.2) is 0 Å². The van der Waals surface area contributed by atoms with Gasteiger partial charge in [-0.05, 0) is 19.8 Å². The summed E-state index contributed by atoms with van der Waals surface area (Å²) in [5.74, 6) is 0.0479. The fraction of sp³-hybridized carbons (Fsp3) is 0.733. The largest absolute Gasteiger partial charge is 0.394 e. The molecule has 0 aromatic carbocycles. The number of amides is 2. The van der Waals surface area contributed by atoms with Gasteiger partial charge >= 0.3 is 0 Å². The second-order valence-electron chi connectivity index (χ2n) is 5.60. The summed E-state index contributed by atoms with van der Waals surface area (Å²) in [6, 6.07) is -0.325. The molecule has 0 saturated heterocycles. The number of rotatable bonds is 6. The van der Waals surface area contributed by atoms with E-state index in [1.807, 2.05) is 13.0 Å². The third-order valence-corrected chi connectivity index (χ3v) is 4.01. The van der Waals surface area contributed by atoms with E-state index >= 15 is 0 Å². The fourth-order valence-corrected chi connectivity index (χ4v) is 2.54. The number of nitrogens with one attached hydrogen (secondary N) is 2. The first-order valence-electron chi connectivity index (χ1n) is 7.65. The summed E-state index contributed by atoms with van der Waals surface area (Å²) in [6.45, 7) is 2.25. The van der Waals surface area contributed by atoms with Crippen LogP contribution in [-0.4, -0.2) is 48.3 Å². The van der Waals surface area contributed by atoms with Crippen LogP contribution in [0.3, 0.4) is 0 Å². The van der Waals surface area contributed by atoms with E-state index in [4.69, 9.17) is 4.74 Å². The Morgan fingerprint density at radius 1 is 1.33 bits per heavy atom. The molecule has 1 aliphatic heterocycles. The molecule has 0 bridgehead atoms. The molecular weight excluding hydrogens is 272 g/mol. The molecule has 0 radical (unpaired) electrons. The molecule has 2 rings (SSSR count). The summed E-state index contributed by atoms with van der Waals surface area (Å²) in [5, 5.41) is 15.1. The molecule has 3 N–H and O–H groups in total. The smallest absolute Gasteiger partial charge is 0.223 e. The molecule has 0 unspecified atom stereocenters. The minimum absolute atomic E-state index is 0.0279. The molecule has 0 spiro atoms. The van der Waals surface area contributed by atoms with Gasteiger partial charge in [-0.2, -0.15) is 0 Å². The minimum Gasteiger partial charge on any atom is -0.394 e. The van der Waals surface area contributed by atoms with Gasteiger partial charge in [-0.3, -0.25) is 9.59 Å². The molecule has 2 aliphatic rings. The number of ether oxygens (including phenoxy) is 1. The van der Waals surface area contributed by atoms with Gasteiger partial charge in [-0.15, -0.1) is 0 Å². The van der Waals surface area contributed by atoms with Crippen LogP contribution in [0, 0.1) is 5.92 Å². The number of hydrogen-bond acceptors (Lipinski definition) is 4. The molecule has 1 fully saturated rings. The third kappa shape index (κ3) is 4.28. The molecule has 2 amide bonds. The lowest BCUT2D eigenvalue weighted by atomic mass is 9.84. The van der Waals surface area contributed by atoms with Gasteiger partial charge in [-0.25, -0.2) is 0 Å². The third-order valence-electron chi connectivity index (χ3n) is 4.01. The minimum atomic E-state index is -0.501. The molecule has 0 aromatic heterocycles. The summed E-state index contributed by atoms with van der Waals surface area (Å²) in [7, 11) is 0. The topological polar surface area (TPSA) is 87.7 Å². The Morgan fingerprint density at radius 3 is 2.67 bits per heavy atom. The molecule has 1 saturated carbocycles. The molecule has 1 heterocycles. The summed E-state index contributed by atoms with van der Waals surface area (Å²) in [5.41, 5.74) is 0. The van der Waals surface area contributed by atoms with E-state index in [1.54, 1.807) is 6.08 Å². The number of hydrogen-bond donors (Lipinski definition) is 3. The van der Waals surface area contributed by atoms with Gasteiger partial charge in [0.1, 0.15) is 6.10 Å². The van der Waals surface area contributed by atoms with Gasteiger partial charge in [0, 0.05) is 12.5 Å². The predicted octanol–water partition coefficient (Wildman–Crippen LogP) is 0.113. The van der Waals surface area contributed by atoms with E-state index in [1.165, 1.54) is 0 Å². The van der Waals surface area contributed by atoms with Crippen LogP contribution in [0.5, 0.6) is 0 Å². The first-order valence-corrected chi connectivity index (χ1v) is 7.65. The van der Waals surface area contributed by atoms with E-state index in [0.29, 0.717) is 6.54 Å². The summed E-state index contributed by atoms with van der Waals surface area (Å²) in [4.78, 5) is 23.5. The summed E-state index contributed by atoms with van der Waals surface area (Å²) < 4.78 is 5.69. The predicted molar refractivity (Wildman–Crippen MR) is 77.5 cm³/mol. The number of carbonyl (C=O) groups is 2. The lowest BCUT2D eigenvalue weighted by Gasteiger charge is -2.33. The van der Waals surface area contributed by atoms with E-state index in [9.17, 15) is 14.7 Å². The van der Waals surface area contributed by atoms with Crippen molar-refractivity contribution in [3.05, 3.63) is 12.2 Å². The van der Waals surface area contributed by atoms with Gasteiger partial charge in [0.2, 0.25) is 11.8 Å². The first kappa shape index (κ1) is 16.0. The maximum absolute atomic E-state index is 12.0. The highest BCUT2D eigenvalue weighted by atomic mass is 16.5. The second kappa shape index (κ2) is 7.56. The maximum atomic E-state index is 12.0. The highest BCUT2D eigenvalue weighted by Crippen LogP contribution is 2.27.